The number of hydrogen-bond acceptors (Lipinski definition) is 5. The Bertz CT molecular complexity index is 972. The minimum Gasteiger partial charge on any atom is -0.497 e. The van der Waals surface area contributed by atoms with Gasteiger partial charge in [0.15, 0.2) is 9.84 Å². The number of nitrogens with zero attached hydrogens (tertiary/aromatic N) is 1. The molecule has 0 bridgehead atoms. The zero-order valence-electron chi connectivity index (χ0n) is 18.3. The number of carbonyl (C=O) groups excluding carboxylic acids is 1. The van der Waals surface area contributed by atoms with Gasteiger partial charge in [0.25, 0.3) is 0 Å². The monoisotopic (exact) mass is 433 g/mol. The summed E-state index contributed by atoms with van der Waals surface area (Å²) in [5.74, 6) is 0.861. The Morgan fingerprint density at radius 1 is 1.23 bits per heavy atom. The van der Waals surface area contributed by atoms with Crippen LogP contribution in [0.2, 0.25) is 0 Å². The normalized spacial score (nSPS) is 22.0. The Morgan fingerprint density at radius 2 is 1.97 bits per heavy atom. The molecular formula is C23H31NO5S. The molecule has 1 aliphatic carbocycles. The van der Waals surface area contributed by atoms with E-state index in [4.69, 9.17) is 9.47 Å². The lowest BCUT2D eigenvalue weighted by Gasteiger charge is -2.24. The molecule has 0 N–H and O–H groups in total. The third-order valence-corrected chi connectivity index (χ3v) is 7.57. The first-order valence-corrected chi connectivity index (χ1v) is 11.8. The lowest BCUT2D eigenvalue weighted by atomic mass is 9.94. The molecule has 7 heteroatoms. The zero-order chi connectivity index (χ0) is 22.1. The van der Waals surface area contributed by atoms with Crippen LogP contribution in [-0.2, 0) is 19.3 Å². The van der Waals surface area contributed by atoms with E-state index < -0.39 is 20.7 Å². The van der Waals surface area contributed by atoms with Crippen molar-refractivity contribution in [3.05, 3.63) is 53.3 Å². The maximum atomic E-state index is 13.1. The van der Waals surface area contributed by atoms with Gasteiger partial charge in [-0.3, -0.25) is 0 Å². The number of likely N-dealkylation sites (tertiary alicyclic amines) is 1. The fraction of sp³-hybridized carbons (Fsp3) is 0.522. The Balaban J connectivity index is 1.73. The van der Waals surface area contributed by atoms with E-state index in [0.717, 1.165) is 17.5 Å². The molecule has 1 aliphatic heterocycles. The molecule has 1 aromatic rings. The van der Waals surface area contributed by atoms with Gasteiger partial charge in [-0.25, -0.2) is 13.2 Å². The number of hydrogen-bond donors (Lipinski definition) is 0. The van der Waals surface area contributed by atoms with Gasteiger partial charge < -0.3 is 14.4 Å². The molecule has 30 heavy (non-hydrogen) atoms. The minimum absolute atomic E-state index is 0.177. The Morgan fingerprint density at radius 3 is 2.53 bits per heavy atom. The molecule has 1 aromatic carbocycles. The smallest absolute Gasteiger partial charge is 0.410 e. The van der Waals surface area contributed by atoms with Gasteiger partial charge in [0.05, 0.1) is 17.3 Å². The standard InChI is InChI=1S/C23H31NO5S/c1-16-14-20(30(26,27)19-8-6-18(28-5)7-9-19)10-11-21(16)17-12-13-24(15-17)22(25)29-23(2,3)4/h6-8,10-11,14,17,19H,9,12-13,15H2,1-5H3. The SMILES string of the molecule is COC1=CCC(S(=O)(=O)c2ccc(C3CCN(C(=O)OC(C)(C)C)C3)c(C)c2)C=C1. The summed E-state index contributed by atoms with van der Waals surface area (Å²) < 4.78 is 36.7. The Hall–Kier alpha value is -2.28. The molecule has 1 fully saturated rings. The van der Waals surface area contributed by atoms with Crippen LogP contribution in [0.4, 0.5) is 4.79 Å². The van der Waals surface area contributed by atoms with Crippen LogP contribution in [0.1, 0.15) is 50.7 Å². The average Bonchev–Trinajstić information content (AvgIpc) is 3.16. The van der Waals surface area contributed by atoms with E-state index in [2.05, 4.69) is 0 Å². The Labute approximate surface area is 179 Å². The molecule has 6 nitrogen and oxygen atoms in total. The number of methoxy groups -OCH3 is 1. The van der Waals surface area contributed by atoms with Crippen molar-refractivity contribution in [2.75, 3.05) is 20.2 Å². The second-order valence-electron chi connectivity index (χ2n) is 8.92. The highest BCUT2D eigenvalue weighted by Crippen LogP contribution is 2.33. The summed E-state index contributed by atoms with van der Waals surface area (Å²) in [5, 5.41) is -0.587. The number of amides is 1. The average molecular weight is 434 g/mol. The summed E-state index contributed by atoms with van der Waals surface area (Å²) in [4.78, 5) is 14.4. The molecule has 2 aliphatic rings. The van der Waals surface area contributed by atoms with E-state index in [1.807, 2.05) is 33.8 Å². The molecule has 0 saturated carbocycles. The summed E-state index contributed by atoms with van der Waals surface area (Å²) in [6.07, 6.45) is 6.13. The molecule has 1 saturated heterocycles. The first kappa shape index (κ1) is 22.4. The fourth-order valence-corrected chi connectivity index (χ4v) is 5.51. The molecule has 0 aromatic heterocycles. The lowest BCUT2D eigenvalue weighted by molar-refractivity contribution is 0.0292. The quantitative estimate of drug-likeness (QED) is 0.706. The summed E-state index contributed by atoms with van der Waals surface area (Å²) >= 11 is 0. The van der Waals surface area contributed by atoms with E-state index in [9.17, 15) is 13.2 Å². The maximum Gasteiger partial charge on any atom is 0.410 e. The predicted molar refractivity (Wildman–Crippen MR) is 116 cm³/mol. The van der Waals surface area contributed by atoms with Crippen molar-refractivity contribution in [2.45, 2.75) is 62.2 Å². The van der Waals surface area contributed by atoms with Crippen molar-refractivity contribution >= 4 is 15.9 Å². The zero-order valence-corrected chi connectivity index (χ0v) is 19.2. The van der Waals surface area contributed by atoms with Crippen LogP contribution in [-0.4, -0.2) is 50.5 Å². The molecule has 0 radical (unpaired) electrons. The van der Waals surface area contributed by atoms with Crippen LogP contribution in [0.3, 0.4) is 0 Å². The topological polar surface area (TPSA) is 72.9 Å². The van der Waals surface area contributed by atoms with Gasteiger partial charge in [-0.15, -0.1) is 0 Å². The van der Waals surface area contributed by atoms with Crippen molar-refractivity contribution in [1.82, 2.24) is 4.90 Å². The molecule has 1 amide bonds. The molecule has 1 heterocycles. The van der Waals surface area contributed by atoms with Gasteiger partial charge in [0.2, 0.25) is 0 Å². The van der Waals surface area contributed by atoms with Crippen LogP contribution in [0.5, 0.6) is 0 Å². The van der Waals surface area contributed by atoms with Gasteiger partial charge in [0, 0.05) is 19.0 Å². The summed E-state index contributed by atoms with van der Waals surface area (Å²) in [5.41, 5.74) is 1.49. The second kappa shape index (κ2) is 8.46. The Kier molecular flexibility index (Phi) is 6.32. The van der Waals surface area contributed by atoms with Gasteiger partial charge >= 0.3 is 6.09 Å². The van der Waals surface area contributed by atoms with Gasteiger partial charge in [0.1, 0.15) is 11.4 Å². The molecule has 3 rings (SSSR count). The number of aryl methyl sites for hydroxylation is 1. The van der Waals surface area contributed by atoms with Crippen molar-refractivity contribution in [3.63, 3.8) is 0 Å². The highest BCUT2D eigenvalue weighted by Gasteiger charge is 2.32. The molecule has 164 valence electrons. The van der Waals surface area contributed by atoms with Gasteiger partial charge in [-0.2, -0.15) is 0 Å². The number of ether oxygens (including phenoxy) is 2. The van der Waals surface area contributed by atoms with Crippen LogP contribution >= 0.6 is 0 Å². The first-order chi connectivity index (χ1) is 14.0. The third-order valence-electron chi connectivity index (χ3n) is 5.51. The van der Waals surface area contributed by atoms with Gasteiger partial charge in [-0.1, -0.05) is 12.1 Å². The second-order valence-corrected chi connectivity index (χ2v) is 11.1. The van der Waals surface area contributed by atoms with Crippen LogP contribution in [0.25, 0.3) is 0 Å². The van der Waals surface area contributed by atoms with Crippen molar-refractivity contribution in [2.24, 2.45) is 0 Å². The van der Waals surface area contributed by atoms with E-state index in [1.165, 1.54) is 0 Å². The molecule has 2 unspecified atom stereocenters. The van der Waals surface area contributed by atoms with Crippen LogP contribution in [0, 0.1) is 6.92 Å². The third kappa shape index (κ3) is 4.89. The fourth-order valence-electron chi connectivity index (χ4n) is 3.93. The lowest BCUT2D eigenvalue weighted by Crippen LogP contribution is -2.35. The number of rotatable bonds is 4. The summed E-state index contributed by atoms with van der Waals surface area (Å²) in [6.45, 7) is 8.72. The first-order valence-electron chi connectivity index (χ1n) is 10.3. The molecule has 2 atom stereocenters. The van der Waals surface area contributed by atoms with Gasteiger partial charge in [-0.05, 0) is 75.9 Å². The number of sulfone groups is 1. The highest BCUT2D eigenvalue weighted by atomic mass is 32.2. The summed E-state index contributed by atoms with van der Waals surface area (Å²) in [7, 11) is -1.90. The predicted octanol–water partition coefficient (Wildman–Crippen LogP) is 4.35. The highest BCUT2D eigenvalue weighted by molar-refractivity contribution is 7.92. The number of carbonyl (C=O) groups is 1. The molecular weight excluding hydrogens is 402 g/mol. The van der Waals surface area contributed by atoms with Crippen molar-refractivity contribution < 1.29 is 22.7 Å². The number of benzene rings is 1. The van der Waals surface area contributed by atoms with E-state index in [-0.39, 0.29) is 12.0 Å². The van der Waals surface area contributed by atoms with E-state index >= 15 is 0 Å². The van der Waals surface area contributed by atoms with Crippen molar-refractivity contribution in [3.8, 4) is 0 Å². The van der Waals surface area contributed by atoms with Crippen LogP contribution in [0.15, 0.2) is 47.1 Å². The van der Waals surface area contributed by atoms with Crippen molar-refractivity contribution in [1.29, 1.82) is 0 Å². The summed E-state index contributed by atoms with van der Waals surface area (Å²) in [6, 6.07) is 5.34. The largest absolute Gasteiger partial charge is 0.497 e. The minimum atomic E-state index is -3.47. The molecule has 0 spiro atoms. The van der Waals surface area contributed by atoms with Crippen LogP contribution < -0.4 is 0 Å². The maximum absolute atomic E-state index is 13.1. The van der Waals surface area contributed by atoms with E-state index in [0.29, 0.717) is 30.2 Å². The van der Waals surface area contributed by atoms with E-state index in [1.54, 1.807) is 42.4 Å². The number of allylic oxidation sites excluding steroid dienone is 2.